The second-order valence-electron chi connectivity index (χ2n) is 15.5. The van der Waals surface area contributed by atoms with Gasteiger partial charge in [0.15, 0.2) is 17.6 Å². The Labute approximate surface area is 328 Å². The van der Waals surface area contributed by atoms with E-state index in [1.165, 1.54) is 11.0 Å². The summed E-state index contributed by atoms with van der Waals surface area (Å²) in [5.41, 5.74) is 2.69. The first kappa shape index (κ1) is 38.4. The number of aromatic amines is 1. The zero-order valence-corrected chi connectivity index (χ0v) is 31.7. The lowest BCUT2D eigenvalue weighted by molar-refractivity contribution is -0.142. The lowest BCUT2D eigenvalue weighted by Crippen LogP contribution is -2.36. The molecule has 0 bridgehead atoms. The van der Waals surface area contributed by atoms with Gasteiger partial charge in [0.25, 0.3) is 17.4 Å². The lowest BCUT2D eigenvalue weighted by atomic mass is 9.90. The molecule has 0 spiro atoms. The van der Waals surface area contributed by atoms with Gasteiger partial charge in [0.2, 0.25) is 0 Å². The van der Waals surface area contributed by atoms with Crippen LogP contribution in [0.4, 0.5) is 13.2 Å². The maximum atomic E-state index is 13.7. The summed E-state index contributed by atoms with van der Waals surface area (Å²) < 4.78 is 51.6. The molecule has 2 aliphatic carbocycles. The van der Waals surface area contributed by atoms with Gasteiger partial charge >= 0.3 is 6.18 Å². The van der Waals surface area contributed by atoms with Crippen LogP contribution in [0.25, 0.3) is 5.57 Å². The first-order valence-electron chi connectivity index (χ1n) is 19.6. The summed E-state index contributed by atoms with van der Waals surface area (Å²) in [4.78, 5) is 51.8. The molecule has 1 aromatic heterocycles. The van der Waals surface area contributed by atoms with E-state index in [1.54, 1.807) is 25.3 Å². The van der Waals surface area contributed by atoms with E-state index in [9.17, 15) is 32.7 Å². The number of aryl methyl sites for hydroxylation is 1. The number of benzene rings is 3. The second kappa shape index (κ2) is 15.5. The van der Waals surface area contributed by atoms with Gasteiger partial charge in [-0.25, -0.2) is 4.98 Å². The predicted molar refractivity (Wildman–Crippen MR) is 206 cm³/mol. The van der Waals surface area contributed by atoms with E-state index in [4.69, 9.17) is 14.5 Å². The van der Waals surface area contributed by atoms with E-state index in [0.29, 0.717) is 66.5 Å². The van der Waals surface area contributed by atoms with Crippen molar-refractivity contribution < 1.29 is 37.3 Å². The first-order valence-corrected chi connectivity index (χ1v) is 19.6. The smallest absolute Gasteiger partial charge is 0.416 e. The normalized spacial score (nSPS) is 18.6. The topological polar surface area (TPSA) is 125 Å². The van der Waals surface area contributed by atoms with Crippen molar-refractivity contribution in [3.05, 3.63) is 128 Å². The molecule has 1 unspecified atom stereocenters. The molecule has 2 saturated carbocycles. The van der Waals surface area contributed by atoms with Crippen LogP contribution in [-0.2, 0) is 29.4 Å². The van der Waals surface area contributed by atoms with E-state index >= 15 is 0 Å². The summed E-state index contributed by atoms with van der Waals surface area (Å²) >= 11 is 0. The lowest BCUT2D eigenvalue weighted by Gasteiger charge is -2.27. The van der Waals surface area contributed by atoms with Crippen LogP contribution in [0.3, 0.4) is 0 Å². The van der Waals surface area contributed by atoms with Crippen LogP contribution < -0.4 is 15.0 Å². The summed E-state index contributed by atoms with van der Waals surface area (Å²) in [6.45, 7) is 1.11. The number of rotatable bonds is 9. The average molecular weight is 783 g/mol. The van der Waals surface area contributed by atoms with E-state index in [1.807, 2.05) is 17.0 Å². The molecule has 2 aliphatic heterocycles. The zero-order chi connectivity index (χ0) is 39.9. The van der Waals surface area contributed by atoms with E-state index in [2.05, 4.69) is 23.2 Å². The van der Waals surface area contributed by atoms with E-state index in [0.717, 1.165) is 73.4 Å². The molecule has 8 rings (SSSR count). The summed E-state index contributed by atoms with van der Waals surface area (Å²) in [6.07, 6.45) is 3.23. The van der Waals surface area contributed by atoms with Crippen LogP contribution >= 0.6 is 0 Å². The van der Waals surface area contributed by atoms with E-state index in [-0.39, 0.29) is 36.2 Å². The molecule has 4 aliphatic rings. The maximum absolute atomic E-state index is 13.7. The molecule has 0 saturated heterocycles. The number of fused-ring (bicyclic) bond motifs is 1. The van der Waals surface area contributed by atoms with Crippen LogP contribution in [-0.4, -0.2) is 69.5 Å². The number of aromatic nitrogens is 2. The fraction of sp³-hybridized carbons (Fsp3) is 0.409. The third-order valence-electron chi connectivity index (χ3n) is 11.9. The van der Waals surface area contributed by atoms with Gasteiger partial charge in [0.05, 0.1) is 42.0 Å². The number of methoxy groups -OCH3 is 1. The Hall–Kier alpha value is -5.43. The number of ether oxygens (including phenoxy) is 2. The Morgan fingerprint density at radius 1 is 0.947 bits per heavy atom. The van der Waals surface area contributed by atoms with Gasteiger partial charge in [0.1, 0.15) is 5.82 Å². The minimum atomic E-state index is -4.62. The van der Waals surface area contributed by atoms with Crippen LogP contribution in [0.5, 0.6) is 11.5 Å². The number of nitrogens with one attached hydrogen (secondary N) is 1. The van der Waals surface area contributed by atoms with Gasteiger partial charge in [-0.3, -0.25) is 14.4 Å². The first-order chi connectivity index (χ1) is 27.4. The number of carbonyl (C=O) groups is 2. The van der Waals surface area contributed by atoms with Crippen LogP contribution in [0, 0.1) is 0 Å². The van der Waals surface area contributed by atoms with Crippen LogP contribution in [0.2, 0.25) is 0 Å². The highest BCUT2D eigenvalue weighted by Crippen LogP contribution is 2.52. The Morgan fingerprint density at radius 3 is 2.46 bits per heavy atom. The molecule has 2 amide bonds. The molecule has 4 aromatic rings. The zero-order valence-electron chi connectivity index (χ0n) is 31.7. The quantitative estimate of drug-likeness (QED) is 0.185. The second-order valence-corrected chi connectivity index (χ2v) is 15.5. The van der Waals surface area contributed by atoms with Gasteiger partial charge < -0.3 is 29.4 Å². The highest BCUT2D eigenvalue weighted by atomic mass is 19.4. The summed E-state index contributed by atoms with van der Waals surface area (Å²) in [6, 6.07) is 17.7. The fourth-order valence-electron chi connectivity index (χ4n) is 8.43. The monoisotopic (exact) mass is 782 g/mol. The van der Waals surface area contributed by atoms with Crippen molar-refractivity contribution in [3.8, 4) is 11.5 Å². The van der Waals surface area contributed by atoms with Crippen molar-refractivity contribution in [2.24, 2.45) is 0 Å². The van der Waals surface area contributed by atoms with Crippen LogP contribution in [0.15, 0.2) is 77.6 Å². The highest BCUT2D eigenvalue weighted by Gasteiger charge is 2.49. The third kappa shape index (κ3) is 7.81. The molecule has 10 nitrogen and oxygen atoms in total. The Balaban J connectivity index is 0.963. The third-order valence-corrected chi connectivity index (χ3v) is 11.9. The molecule has 3 aromatic carbocycles. The highest BCUT2D eigenvalue weighted by molar-refractivity contribution is 5.95. The van der Waals surface area contributed by atoms with Crippen molar-refractivity contribution in [2.45, 2.75) is 88.1 Å². The molecule has 1 atom stereocenters. The van der Waals surface area contributed by atoms with Gasteiger partial charge in [-0.1, -0.05) is 42.5 Å². The molecule has 13 heteroatoms. The molecule has 298 valence electrons. The number of hydrogen-bond donors (Lipinski definition) is 2. The average Bonchev–Trinajstić information content (AvgIpc) is 3.94. The number of nitrogens with zero attached hydrogens (tertiary/aromatic N) is 3. The van der Waals surface area contributed by atoms with Crippen molar-refractivity contribution in [3.63, 3.8) is 0 Å². The number of aliphatic hydroxyl groups is 1. The number of alkyl halides is 3. The standard InChI is InChI=1S/C44H45F3N4O6/c1-56-36-15-14-30(25-37(36)57-33-11-2-3-12-33)40(54)50-21-16-27(17-22-50)28-7-4-9-31(23-28)43(18-19-43)42-48-35-13-6-20-51(26-34(35)39(53)49-42)41(55)38(52)29-8-5-10-32(24-29)44(45,46)47/h4-5,7-10,14-16,23-25,33,38,52H,2-3,6,11-13,17-22,26H2,1H3,(H,48,49,53). The number of aliphatic hydroxyl groups excluding tert-OH is 1. The van der Waals surface area contributed by atoms with Crippen molar-refractivity contribution in [2.75, 3.05) is 26.7 Å². The predicted octanol–water partition coefficient (Wildman–Crippen LogP) is 7.14. The van der Waals surface area contributed by atoms with Gasteiger partial charge in [-0.15, -0.1) is 0 Å². The Kier molecular flexibility index (Phi) is 10.4. The van der Waals surface area contributed by atoms with Gasteiger partial charge in [-0.05, 0) is 110 Å². The minimum absolute atomic E-state index is 0.0625. The number of carbonyl (C=O) groups excluding carboxylic acids is 2. The largest absolute Gasteiger partial charge is 0.493 e. The maximum Gasteiger partial charge on any atom is 0.416 e. The minimum Gasteiger partial charge on any atom is -0.493 e. The fourth-order valence-corrected chi connectivity index (χ4v) is 8.43. The summed E-state index contributed by atoms with van der Waals surface area (Å²) in [5, 5.41) is 10.8. The molecule has 2 N–H and O–H groups in total. The molecule has 57 heavy (non-hydrogen) atoms. The number of hydrogen-bond acceptors (Lipinski definition) is 7. The number of H-pyrrole nitrogens is 1. The number of halogens is 3. The van der Waals surface area contributed by atoms with E-state index < -0.39 is 29.2 Å². The van der Waals surface area contributed by atoms with Gasteiger partial charge in [0, 0.05) is 25.2 Å². The van der Waals surface area contributed by atoms with Crippen LogP contribution in [0.1, 0.15) is 107 Å². The van der Waals surface area contributed by atoms with Crippen molar-refractivity contribution >= 4 is 17.4 Å². The van der Waals surface area contributed by atoms with Gasteiger partial charge in [-0.2, -0.15) is 13.2 Å². The molecular weight excluding hydrogens is 737 g/mol. The summed E-state index contributed by atoms with van der Waals surface area (Å²) in [7, 11) is 1.60. The molecular formula is C44H45F3N4O6. The molecule has 2 fully saturated rings. The molecule has 3 heterocycles. The number of amides is 2. The Morgan fingerprint density at radius 2 is 1.74 bits per heavy atom. The SMILES string of the molecule is COc1ccc(C(=O)N2CC=C(c3cccc(C4(c5nc6c(c(=O)[nH]5)CN(C(=O)C(O)c5cccc(C(F)(F)F)c5)CCC6)CC4)c3)CC2)cc1OC1CCCC1. The summed E-state index contributed by atoms with van der Waals surface area (Å²) in [5.74, 6) is 0.950. The Bertz CT molecular complexity index is 2280. The van der Waals surface area contributed by atoms with Crippen molar-refractivity contribution in [1.29, 1.82) is 0 Å². The van der Waals surface area contributed by atoms with Crippen molar-refractivity contribution in [1.82, 2.24) is 19.8 Å². The molecule has 0 radical (unpaired) electrons.